The van der Waals surface area contributed by atoms with Gasteiger partial charge in [0, 0.05) is 17.6 Å². The van der Waals surface area contributed by atoms with Gasteiger partial charge in [0.15, 0.2) is 5.44 Å². The highest BCUT2D eigenvalue weighted by Crippen LogP contribution is 2.30. The molecule has 0 saturated carbocycles. The zero-order valence-electron chi connectivity index (χ0n) is 6.91. The van der Waals surface area contributed by atoms with Gasteiger partial charge >= 0.3 is 5.97 Å². The lowest BCUT2D eigenvalue weighted by Crippen LogP contribution is -1.98. The number of aliphatic hydroxyl groups is 1. The first-order chi connectivity index (χ1) is 6.56. The number of hydrogen-bond donors (Lipinski definition) is 4. The van der Waals surface area contributed by atoms with Crippen molar-refractivity contribution in [2.24, 2.45) is 0 Å². The minimum Gasteiger partial charge on any atom is -0.508 e. The summed E-state index contributed by atoms with van der Waals surface area (Å²) in [6, 6.07) is 3.49. The van der Waals surface area contributed by atoms with Gasteiger partial charge in [0.1, 0.15) is 5.75 Å². The van der Waals surface area contributed by atoms with Crippen molar-refractivity contribution in [3.05, 3.63) is 29.3 Å². The Morgan fingerprint density at radius 2 is 2.07 bits per heavy atom. The van der Waals surface area contributed by atoms with E-state index in [1.54, 1.807) is 0 Å². The van der Waals surface area contributed by atoms with Gasteiger partial charge in [-0.15, -0.1) is 0 Å². The predicted molar refractivity (Wildman–Crippen MR) is 50.2 cm³/mol. The van der Waals surface area contributed by atoms with E-state index in [-0.39, 0.29) is 28.9 Å². The van der Waals surface area contributed by atoms with Crippen molar-refractivity contribution in [1.29, 1.82) is 0 Å². The van der Waals surface area contributed by atoms with Crippen LogP contribution in [0, 0.1) is 0 Å². The number of phenolic OH excluding ortho intramolecular Hbond substituents is 1. The largest absolute Gasteiger partial charge is 0.508 e. The summed E-state index contributed by atoms with van der Waals surface area (Å²) in [4.78, 5) is 10.5. The number of aromatic hydroxyl groups is 1. The van der Waals surface area contributed by atoms with E-state index in [4.69, 9.17) is 14.8 Å². The Labute approximate surface area is 83.8 Å². The van der Waals surface area contributed by atoms with Crippen molar-refractivity contribution in [2.75, 3.05) is 0 Å². The highest BCUT2D eigenvalue weighted by molar-refractivity contribution is 7.93. The second kappa shape index (κ2) is 4.32. The number of carboxylic acid groups (broad SMARTS) is 1. The summed E-state index contributed by atoms with van der Waals surface area (Å²) in [5, 5.41) is 27.0. The van der Waals surface area contributed by atoms with Gasteiger partial charge in [-0.25, -0.2) is 4.79 Å². The maximum atomic E-state index is 10.5. The summed E-state index contributed by atoms with van der Waals surface area (Å²) < 4.78 is 8.53. The van der Waals surface area contributed by atoms with Crippen LogP contribution in [0.2, 0.25) is 0 Å². The minimum atomic E-state index is -1.28. The zero-order chi connectivity index (χ0) is 10.7. The lowest BCUT2D eigenvalue weighted by atomic mass is 10.1. The topological polar surface area (TPSA) is 98.0 Å². The molecule has 4 N–H and O–H groups in total. The van der Waals surface area contributed by atoms with E-state index in [2.05, 4.69) is 0 Å². The average molecular weight is 216 g/mol. The van der Waals surface area contributed by atoms with E-state index in [0.717, 1.165) is 6.07 Å². The van der Waals surface area contributed by atoms with Crippen molar-refractivity contribution < 1.29 is 24.7 Å². The van der Waals surface area contributed by atoms with Gasteiger partial charge < -0.3 is 19.9 Å². The third-order valence-corrected chi connectivity index (χ3v) is 2.10. The Morgan fingerprint density at radius 3 is 2.50 bits per heavy atom. The Morgan fingerprint density at radius 1 is 1.43 bits per heavy atom. The molecular formula is C8H8O5S. The molecule has 0 fully saturated rings. The zero-order valence-corrected chi connectivity index (χ0v) is 7.73. The van der Waals surface area contributed by atoms with Crippen molar-refractivity contribution in [1.82, 2.24) is 0 Å². The molecule has 0 bridgehead atoms. The highest BCUT2D eigenvalue weighted by Gasteiger charge is 2.14. The molecule has 0 aliphatic carbocycles. The van der Waals surface area contributed by atoms with Gasteiger partial charge in [-0.1, -0.05) is 6.07 Å². The number of hydrogen-bond acceptors (Lipinski definition) is 5. The molecular weight excluding hydrogens is 208 g/mol. The molecule has 0 spiro atoms. The number of carbonyl (C=O) groups is 1. The van der Waals surface area contributed by atoms with Crippen LogP contribution in [0.1, 0.15) is 21.4 Å². The molecule has 1 aromatic carbocycles. The van der Waals surface area contributed by atoms with E-state index in [9.17, 15) is 9.90 Å². The van der Waals surface area contributed by atoms with E-state index < -0.39 is 11.4 Å². The average Bonchev–Trinajstić information content (AvgIpc) is 2.16. The van der Waals surface area contributed by atoms with E-state index >= 15 is 0 Å². The van der Waals surface area contributed by atoms with Crippen LogP contribution in [0.3, 0.4) is 0 Å². The normalized spacial score (nSPS) is 12.4. The quantitative estimate of drug-likeness (QED) is 0.449. The predicted octanol–water partition coefficient (Wildman–Crippen LogP) is 1.29. The number of benzene rings is 1. The maximum Gasteiger partial charge on any atom is 0.335 e. The molecule has 0 heterocycles. The van der Waals surface area contributed by atoms with Crippen LogP contribution in [0.25, 0.3) is 0 Å². The molecule has 0 amide bonds. The molecule has 6 heteroatoms. The second-order valence-corrected chi connectivity index (χ2v) is 3.19. The van der Waals surface area contributed by atoms with Crippen LogP contribution in [0.5, 0.6) is 5.75 Å². The fourth-order valence-electron chi connectivity index (χ4n) is 0.942. The molecule has 5 nitrogen and oxygen atoms in total. The highest BCUT2D eigenvalue weighted by atomic mass is 32.2. The van der Waals surface area contributed by atoms with Crippen molar-refractivity contribution in [3.8, 4) is 5.75 Å². The van der Waals surface area contributed by atoms with Gasteiger partial charge in [-0.3, -0.25) is 0 Å². The standard InChI is InChI=1S/C8H8O5S/c9-6-3-4(7(10)11)1-2-5(6)8(12)14-13/h1-3,8-9,12-13H,(H,10,11). The number of phenols is 1. The Kier molecular flexibility index (Phi) is 3.34. The van der Waals surface area contributed by atoms with Crippen molar-refractivity contribution in [2.45, 2.75) is 5.44 Å². The van der Waals surface area contributed by atoms with E-state index in [1.165, 1.54) is 12.1 Å². The fourth-order valence-corrected chi connectivity index (χ4v) is 1.26. The third-order valence-electron chi connectivity index (χ3n) is 1.64. The molecule has 14 heavy (non-hydrogen) atoms. The first kappa shape index (κ1) is 10.8. The summed E-state index contributed by atoms with van der Waals surface area (Å²) >= 11 is 0.154. The maximum absolute atomic E-state index is 10.5. The monoisotopic (exact) mass is 216 g/mol. The van der Waals surface area contributed by atoms with Crippen LogP contribution >= 0.6 is 12.0 Å². The SMILES string of the molecule is O=C(O)c1ccc(C(O)SO)c(O)c1. The molecule has 1 unspecified atom stereocenters. The molecule has 76 valence electrons. The summed E-state index contributed by atoms with van der Waals surface area (Å²) in [5.74, 6) is -1.53. The Hall–Kier alpha value is -1.24. The third kappa shape index (κ3) is 2.16. The van der Waals surface area contributed by atoms with Crippen LogP contribution < -0.4 is 0 Å². The molecule has 1 rings (SSSR count). The van der Waals surface area contributed by atoms with E-state index in [1.807, 2.05) is 0 Å². The summed E-state index contributed by atoms with van der Waals surface area (Å²) in [5.41, 5.74) is -1.29. The van der Waals surface area contributed by atoms with Gasteiger partial charge in [-0.05, 0) is 12.1 Å². The summed E-state index contributed by atoms with van der Waals surface area (Å²) in [6.45, 7) is 0. The Balaban J connectivity index is 3.07. The second-order valence-electron chi connectivity index (χ2n) is 2.54. The first-order valence-corrected chi connectivity index (χ1v) is 4.44. The number of aliphatic hydroxyl groups excluding tert-OH is 1. The first-order valence-electron chi connectivity index (χ1n) is 3.60. The molecule has 0 aliphatic heterocycles. The lowest BCUT2D eigenvalue weighted by molar-refractivity contribution is 0.0696. The van der Waals surface area contributed by atoms with Crippen LogP contribution in [-0.2, 0) is 0 Å². The smallest absolute Gasteiger partial charge is 0.335 e. The van der Waals surface area contributed by atoms with Crippen molar-refractivity contribution in [3.63, 3.8) is 0 Å². The molecule has 1 aromatic rings. The molecule has 0 aromatic heterocycles. The molecule has 0 saturated heterocycles. The van der Waals surface area contributed by atoms with Crippen LogP contribution in [-0.4, -0.2) is 25.8 Å². The molecule has 1 atom stereocenters. The van der Waals surface area contributed by atoms with Gasteiger partial charge in [0.2, 0.25) is 0 Å². The Bertz CT molecular complexity index is 352. The molecule has 0 radical (unpaired) electrons. The number of rotatable bonds is 3. The fraction of sp³-hybridized carbons (Fsp3) is 0.125. The molecule has 0 aliphatic rings. The lowest BCUT2D eigenvalue weighted by Gasteiger charge is -2.08. The number of aromatic carboxylic acids is 1. The van der Waals surface area contributed by atoms with Crippen LogP contribution in [0.15, 0.2) is 18.2 Å². The number of carboxylic acids is 1. The summed E-state index contributed by atoms with van der Waals surface area (Å²) in [7, 11) is 0. The van der Waals surface area contributed by atoms with Gasteiger partial charge in [0.25, 0.3) is 0 Å². The van der Waals surface area contributed by atoms with Gasteiger partial charge in [-0.2, -0.15) is 0 Å². The van der Waals surface area contributed by atoms with E-state index in [0.29, 0.717) is 0 Å². The van der Waals surface area contributed by atoms with Crippen LogP contribution in [0.4, 0.5) is 0 Å². The van der Waals surface area contributed by atoms with Crippen molar-refractivity contribution >= 4 is 18.0 Å². The minimum absolute atomic E-state index is 0.0718. The van der Waals surface area contributed by atoms with Gasteiger partial charge in [0.05, 0.1) is 5.56 Å². The summed E-state index contributed by atoms with van der Waals surface area (Å²) in [6.07, 6.45) is 0.